The van der Waals surface area contributed by atoms with Gasteiger partial charge in [-0.05, 0) is 73.6 Å². The van der Waals surface area contributed by atoms with Gasteiger partial charge in [0.2, 0.25) is 17.7 Å². The summed E-state index contributed by atoms with van der Waals surface area (Å²) in [6.45, 7) is 4.54. The number of anilines is 3. The van der Waals surface area contributed by atoms with Crippen molar-refractivity contribution in [3.8, 4) is 16.9 Å². The molecule has 0 saturated carbocycles. The van der Waals surface area contributed by atoms with Gasteiger partial charge in [-0.15, -0.1) is 0 Å². The maximum atomic E-state index is 15.1. The Morgan fingerprint density at radius 2 is 1.80 bits per heavy atom. The van der Waals surface area contributed by atoms with Crippen molar-refractivity contribution < 1.29 is 32.7 Å². The van der Waals surface area contributed by atoms with E-state index in [0.717, 1.165) is 41.8 Å². The second-order valence-corrected chi connectivity index (χ2v) is 16.0. The van der Waals surface area contributed by atoms with Crippen LogP contribution in [0.5, 0.6) is 5.75 Å². The van der Waals surface area contributed by atoms with E-state index in [0.29, 0.717) is 79.6 Å². The van der Waals surface area contributed by atoms with Gasteiger partial charge in [-0.3, -0.25) is 29.2 Å². The zero-order chi connectivity index (χ0) is 41.8. The van der Waals surface area contributed by atoms with Gasteiger partial charge in [-0.1, -0.05) is 0 Å². The number of alkyl halides is 2. The molecule has 4 aromatic heterocycles. The monoisotopic (exact) mass is 820 g/mol. The van der Waals surface area contributed by atoms with E-state index in [9.17, 15) is 19.2 Å². The summed E-state index contributed by atoms with van der Waals surface area (Å²) in [5.74, 6) is -0.0741. The van der Waals surface area contributed by atoms with Gasteiger partial charge >= 0.3 is 0 Å². The molecule has 0 spiro atoms. The molecule has 2 fully saturated rings. The fourth-order valence-electron chi connectivity index (χ4n) is 9.26. The second-order valence-electron chi connectivity index (χ2n) is 16.0. The van der Waals surface area contributed by atoms with Crippen LogP contribution in [-0.4, -0.2) is 104 Å². The lowest BCUT2D eigenvalue weighted by molar-refractivity contribution is -0.136. The number of hydrogen-bond donors (Lipinski definition) is 1. The number of halogens is 2. The average molecular weight is 821 g/mol. The first-order chi connectivity index (χ1) is 29.0. The highest BCUT2D eigenvalue weighted by molar-refractivity contribution is 6.03. The fourth-order valence-corrected chi connectivity index (χ4v) is 9.26. The molecule has 312 valence electrons. The van der Waals surface area contributed by atoms with Gasteiger partial charge in [-0.25, -0.2) is 18.7 Å². The first-order valence-corrected chi connectivity index (χ1v) is 20.4. The number of methoxy groups -OCH3 is 1. The third kappa shape index (κ3) is 6.98. The van der Waals surface area contributed by atoms with Crippen molar-refractivity contribution in [3.05, 3.63) is 83.2 Å². The number of piperidine rings is 2. The molecule has 1 atom stereocenters. The van der Waals surface area contributed by atoms with E-state index < -0.39 is 24.3 Å². The van der Waals surface area contributed by atoms with Crippen LogP contribution in [-0.2, 0) is 33.8 Å². The molecular formula is C43H46F2N10O5. The predicted molar refractivity (Wildman–Crippen MR) is 217 cm³/mol. The highest BCUT2D eigenvalue weighted by atomic mass is 19.3. The van der Waals surface area contributed by atoms with Crippen LogP contribution in [0.1, 0.15) is 84.4 Å². The van der Waals surface area contributed by atoms with Crippen molar-refractivity contribution in [2.45, 2.75) is 76.9 Å². The molecule has 2 saturated heterocycles. The van der Waals surface area contributed by atoms with Gasteiger partial charge in [0, 0.05) is 93.5 Å². The Balaban J connectivity index is 0.980. The molecule has 4 aliphatic rings. The molecule has 5 aromatic rings. The fraction of sp³-hybridized carbons (Fsp3) is 0.419. The van der Waals surface area contributed by atoms with E-state index in [1.165, 1.54) is 12.0 Å². The molecule has 17 heteroatoms. The Labute approximate surface area is 344 Å². The van der Waals surface area contributed by atoms with Gasteiger partial charge in [0.1, 0.15) is 23.1 Å². The van der Waals surface area contributed by atoms with Crippen LogP contribution in [0.25, 0.3) is 16.8 Å². The number of imide groups is 1. The van der Waals surface area contributed by atoms with E-state index in [4.69, 9.17) is 9.84 Å². The minimum atomic E-state index is -2.76. The summed E-state index contributed by atoms with van der Waals surface area (Å²) in [6, 6.07) is 8.12. The summed E-state index contributed by atoms with van der Waals surface area (Å²) in [5, 5.41) is 7.60. The number of amides is 4. The van der Waals surface area contributed by atoms with Gasteiger partial charge in [-0.2, -0.15) is 5.10 Å². The summed E-state index contributed by atoms with van der Waals surface area (Å²) < 4.78 is 39.8. The number of benzene rings is 1. The van der Waals surface area contributed by atoms with Gasteiger partial charge < -0.3 is 28.7 Å². The predicted octanol–water partition coefficient (Wildman–Crippen LogP) is 5.25. The number of rotatable bonds is 8. The number of carbonyl (C=O) groups excluding carboxylic acids is 4. The van der Waals surface area contributed by atoms with Crippen LogP contribution >= 0.6 is 0 Å². The van der Waals surface area contributed by atoms with Crippen molar-refractivity contribution >= 4 is 46.5 Å². The largest absolute Gasteiger partial charge is 0.495 e. The Bertz CT molecular complexity index is 2510. The summed E-state index contributed by atoms with van der Waals surface area (Å²) in [5.41, 5.74) is 6.22. The number of aryl methyl sites for hydroxylation is 1. The topological polar surface area (TPSA) is 151 Å². The van der Waals surface area contributed by atoms with Crippen LogP contribution in [0.15, 0.2) is 55.1 Å². The van der Waals surface area contributed by atoms with E-state index in [1.807, 2.05) is 17.0 Å². The van der Waals surface area contributed by atoms with Gasteiger partial charge in [0.05, 0.1) is 37.8 Å². The van der Waals surface area contributed by atoms with E-state index in [2.05, 4.69) is 29.8 Å². The highest BCUT2D eigenvalue weighted by Gasteiger charge is 2.36. The SMILES string of the molecule is COc1cn2ccnc2cc1-c1cc2c(cc1C(F)F)N(c1nn(C3CCN(c4ccc(C(=O)N(C)C5CCC(=O)NC5=O)nc4)CC3)c3c1CN(C(C)=O)CC3)CCC2. The van der Waals surface area contributed by atoms with E-state index in [-0.39, 0.29) is 42.0 Å². The number of likely N-dealkylation sites (N-methyl/N-ethyl adjacent to an activating group) is 1. The third-order valence-corrected chi connectivity index (χ3v) is 12.5. The Kier molecular flexibility index (Phi) is 10.2. The number of nitrogens with zero attached hydrogens (tertiary/aromatic N) is 9. The number of carbonyl (C=O) groups is 4. The number of fused-ring (bicyclic) bond motifs is 3. The molecule has 0 radical (unpaired) electrons. The zero-order valence-corrected chi connectivity index (χ0v) is 33.7. The molecule has 1 N–H and O–H groups in total. The van der Waals surface area contributed by atoms with Gasteiger partial charge in [0.25, 0.3) is 12.3 Å². The first-order valence-electron chi connectivity index (χ1n) is 20.4. The molecule has 15 nitrogen and oxygen atoms in total. The third-order valence-electron chi connectivity index (χ3n) is 12.5. The second kappa shape index (κ2) is 15.7. The Morgan fingerprint density at radius 3 is 2.52 bits per heavy atom. The smallest absolute Gasteiger partial charge is 0.272 e. The normalized spacial score (nSPS) is 18.4. The molecule has 8 heterocycles. The molecule has 9 rings (SSSR count). The van der Waals surface area contributed by atoms with Crippen LogP contribution in [0.2, 0.25) is 0 Å². The van der Waals surface area contributed by atoms with Crippen molar-refractivity contribution in [1.29, 1.82) is 0 Å². The molecule has 60 heavy (non-hydrogen) atoms. The first kappa shape index (κ1) is 39.1. The summed E-state index contributed by atoms with van der Waals surface area (Å²) >= 11 is 0. The number of ether oxygens (including phenoxy) is 1. The van der Waals surface area contributed by atoms with E-state index in [1.54, 1.807) is 61.4 Å². The maximum Gasteiger partial charge on any atom is 0.272 e. The average Bonchev–Trinajstić information content (AvgIpc) is 3.89. The van der Waals surface area contributed by atoms with E-state index >= 15 is 8.78 Å². The Hall–Kier alpha value is -6.39. The number of nitrogens with one attached hydrogen (secondary N) is 1. The number of imidazole rings is 1. The summed E-state index contributed by atoms with van der Waals surface area (Å²) in [7, 11) is 3.08. The summed E-state index contributed by atoms with van der Waals surface area (Å²) in [6.07, 6.45) is 8.24. The molecule has 1 aromatic carbocycles. The van der Waals surface area contributed by atoms with Crippen molar-refractivity contribution in [3.63, 3.8) is 0 Å². The van der Waals surface area contributed by atoms with Gasteiger partial charge in [0.15, 0.2) is 5.82 Å². The zero-order valence-electron chi connectivity index (χ0n) is 33.7. The minimum Gasteiger partial charge on any atom is -0.495 e. The summed E-state index contributed by atoms with van der Waals surface area (Å²) in [4.78, 5) is 66.1. The van der Waals surface area contributed by atoms with Crippen LogP contribution in [0.4, 0.5) is 26.0 Å². The molecule has 0 bridgehead atoms. The number of pyridine rings is 2. The van der Waals surface area contributed by atoms with Crippen LogP contribution < -0.4 is 19.9 Å². The molecule has 0 aliphatic carbocycles. The van der Waals surface area contributed by atoms with Crippen molar-refractivity contribution in [1.82, 2.24) is 39.3 Å². The van der Waals surface area contributed by atoms with Crippen LogP contribution in [0, 0.1) is 0 Å². The lowest BCUT2D eigenvalue weighted by atomic mass is 9.91. The lowest BCUT2D eigenvalue weighted by Gasteiger charge is -2.35. The van der Waals surface area contributed by atoms with Crippen LogP contribution in [0.3, 0.4) is 0 Å². The number of aromatic nitrogens is 5. The number of hydrogen-bond acceptors (Lipinski definition) is 10. The Morgan fingerprint density at radius 1 is 0.983 bits per heavy atom. The van der Waals surface area contributed by atoms with Crippen molar-refractivity contribution in [2.75, 3.05) is 50.1 Å². The minimum absolute atomic E-state index is 0.0244. The molecular weight excluding hydrogens is 775 g/mol. The molecule has 1 unspecified atom stereocenters. The standard InChI is InChI=1S/C43H46F2N10O5/c1-25(56)52-17-12-34-32(23-52)41(54-14-4-5-26-19-29(31(40(44)45)20-36(26)54)30-21-38-46-13-18-53(38)24-37(30)60-3)49-55(34)27-10-15-51(16-11-27)28-6-7-33(47-22-28)43(59)50(2)35-8-9-39(57)48-42(35)58/h6-7,13,18-22,24,27,35,40H,4-5,8-12,14-17,23H2,1-3H3,(H,48,57,58). The molecule has 4 amide bonds. The quantitative estimate of drug-likeness (QED) is 0.206. The van der Waals surface area contributed by atoms with Crippen molar-refractivity contribution in [2.24, 2.45) is 0 Å². The highest BCUT2D eigenvalue weighted by Crippen LogP contribution is 2.45. The lowest BCUT2D eigenvalue weighted by Crippen LogP contribution is -2.53. The maximum absolute atomic E-state index is 15.1. The molecule has 4 aliphatic heterocycles.